The van der Waals surface area contributed by atoms with Crippen molar-refractivity contribution in [2.24, 2.45) is 0 Å². The second kappa shape index (κ2) is 10.4. The predicted molar refractivity (Wildman–Crippen MR) is 122 cm³/mol. The SMILES string of the molecule is Cc1noc(C)c1COc1ccccc1C(=O)OCC(=O)N1CCN(c2ccc(F)cc2)CC1. The van der Waals surface area contributed by atoms with E-state index in [1.54, 1.807) is 48.2 Å². The number of esters is 1. The van der Waals surface area contributed by atoms with Gasteiger partial charge in [-0.3, -0.25) is 4.79 Å². The number of hydrogen-bond acceptors (Lipinski definition) is 7. The summed E-state index contributed by atoms with van der Waals surface area (Å²) in [5.74, 6) is -0.167. The first-order valence-corrected chi connectivity index (χ1v) is 11.0. The highest BCUT2D eigenvalue weighted by Gasteiger charge is 2.23. The van der Waals surface area contributed by atoms with Crippen LogP contribution in [0.4, 0.5) is 10.1 Å². The summed E-state index contributed by atoms with van der Waals surface area (Å²) >= 11 is 0. The highest BCUT2D eigenvalue weighted by atomic mass is 19.1. The molecule has 1 aliphatic rings. The fraction of sp³-hybridized carbons (Fsp3) is 0.320. The lowest BCUT2D eigenvalue weighted by Crippen LogP contribution is -2.49. The number of rotatable bonds is 7. The fourth-order valence-electron chi connectivity index (χ4n) is 3.78. The van der Waals surface area contributed by atoms with Gasteiger partial charge in [0.05, 0.1) is 11.3 Å². The number of aromatic nitrogens is 1. The highest BCUT2D eigenvalue weighted by molar-refractivity contribution is 5.94. The lowest BCUT2D eigenvalue weighted by molar-refractivity contribution is -0.134. The topological polar surface area (TPSA) is 85.1 Å². The zero-order valence-electron chi connectivity index (χ0n) is 19.1. The number of anilines is 1. The molecule has 0 radical (unpaired) electrons. The van der Waals surface area contributed by atoms with E-state index in [1.807, 2.05) is 6.92 Å². The van der Waals surface area contributed by atoms with Crippen molar-refractivity contribution < 1.29 is 28.0 Å². The number of aryl methyl sites for hydroxylation is 2. The Morgan fingerprint density at radius 1 is 1.03 bits per heavy atom. The van der Waals surface area contributed by atoms with Crippen LogP contribution in [0.25, 0.3) is 0 Å². The molecule has 0 N–H and O–H groups in total. The second-order valence-electron chi connectivity index (χ2n) is 8.01. The smallest absolute Gasteiger partial charge is 0.342 e. The number of nitrogens with zero attached hydrogens (tertiary/aromatic N) is 3. The molecule has 1 aliphatic heterocycles. The maximum atomic E-state index is 13.1. The number of amides is 1. The molecule has 4 rings (SSSR count). The summed E-state index contributed by atoms with van der Waals surface area (Å²) in [6.45, 7) is 5.67. The number of benzene rings is 2. The van der Waals surface area contributed by atoms with Gasteiger partial charge in [0.25, 0.3) is 5.91 Å². The minimum atomic E-state index is -0.632. The Bertz CT molecular complexity index is 1130. The van der Waals surface area contributed by atoms with Crippen LogP contribution in [-0.2, 0) is 16.1 Å². The summed E-state index contributed by atoms with van der Waals surface area (Å²) in [7, 11) is 0. The van der Waals surface area contributed by atoms with Crippen LogP contribution < -0.4 is 9.64 Å². The molecule has 178 valence electrons. The average Bonchev–Trinajstić information content (AvgIpc) is 3.18. The average molecular weight is 467 g/mol. The van der Waals surface area contributed by atoms with Gasteiger partial charge in [0.1, 0.15) is 29.5 Å². The lowest BCUT2D eigenvalue weighted by atomic mass is 10.2. The molecule has 1 fully saturated rings. The van der Waals surface area contributed by atoms with Crippen molar-refractivity contribution in [2.45, 2.75) is 20.5 Å². The van der Waals surface area contributed by atoms with Crippen molar-refractivity contribution in [1.29, 1.82) is 0 Å². The van der Waals surface area contributed by atoms with E-state index in [0.717, 1.165) is 16.9 Å². The molecule has 1 amide bonds. The molecule has 3 aromatic rings. The van der Waals surface area contributed by atoms with E-state index >= 15 is 0 Å². The largest absolute Gasteiger partial charge is 0.488 e. The normalized spacial score (nSPS) is 13.6. The molecule has 1 aromatic heterocycles. The van der Waals surface area contributed by atoms with Crippen molar-refractivity contribution in [1.82, 2.24) is 10.1 Å². The third kappa shape index (κ3) is 5.36. The Kier molecular flexibility index (Phi) is 7.10. The van der Waals surface area contributed by atoms with Gasteiger partial charge in [-0.2, -0.15) is 0 Å². The third-order valence-corrected chi connectivity index (χ3v) is 5.81. The summed E-state index contributed by atoms with van der Waals surface area (Å²) in [4.78, 5) is 29.0. The molecule has 0 unspecified atom stereocenters. The molecule has 0 atom stereocenters. The maximum Gasteiger partial charge on any atom is 0.342 e. The van der Waals surface area contributed by atoms with E-state index in [4.69, 9.17) is 14.0 Å². The summed E-state index contributed by atoms with van der Waals surface area (Å²) in [6.07, 6.45) is 0. The minimum Gasteiger partial charge on any atom is -0.488 e. The Hall–Kier alpha value is -3.88. The van der Waals surface area contributed by atoms with Crippen LogP contribution in [0.1, 0.15) is 27.4 Å². The monoisotopic (exact) mass is 467 g/mol. The molecular weight excluding hydrogens is 441 g/mol. The second-order valence-corrected chi connectivity index (χ2v) is 8.01. The maximum absolute atomic E-state index is 13.1. The molecule has 0 spiro atoms. The van der Waals surface area contributed by atoms with Crippen molar-refractivity contribution in [2.75, 3.05) is 37.7 Å². The van der Waals surface area contributed by atoms with Gasteiger partial charge in [-0.15, -0.1) is 0 Å². The lowest BCUT2D eigenvalue weighted by Gasteiger charge is -2.36. The molecule has 0 bridgehead atoms. The molecule has 0 aliphatic carbocycles. The number of hydrogen-bond donors (Lipinski definition) is 0. The van der Waals surface area contributed by atoms with Gasteiger partial charge in [-0.25, -0.2) is 9.18 Å². The zero-order valence-corrected chi connectivity index (χ0v) is 19.1. The fourth-order valence-corrected chi connectivity index (χ4v) is 3.78. The Labute approximate surface area is 196 Å². The molecule has 2 heterocycles. The number of para-hydroxylation sites is 1. The van der Waals surface area contributed by atoms with E-state index < -0.39 is 5.97 Å². The Morgan fingerprint density at radius 2 is 1.74 bits per heavy atom. The Balaban J connectivity index is 1.29. The zero-order chi connectivity index (χ0) is 24.1. The summed E-state index contributed by atoms with van der Waals surface area (Å²) in [5.41, 5.74) is 2.69. The van der Waals surface area contributed by atoms with Crippen LogP contribution in [0.3, 0.4) is 0 Å². The van der Waals surface area contributed by atoms with E-state index in [1.165, 1.54) is 12.1 Å². The molecular formula is C25H26FN3O5. The van der Waals surface area contributed by atoms with Gasteiger partial charge in [-0.05, 0) is 50.2 Å². The third-order valence-electron chi connectivity index (χ3n) is 5.81. The van der Waals surface area contributed by atoms with Gasteiger partial charge in [0, 0.05) is 31.9 Å². The number of piperazine rings is 1. The first kappa shape index (κ1) is 23.3. The first-order chi connectivity index (χ1) is 16.4. The molecule has 8 nitrogen and oxygen atoms in total. The summed E-state index contributed by atoms with van der Waals surface area (Å²) in [5, 5.41) is 3.90. The standard InChI is InChI=1S/C25H26FN3O5/c1-17-22(18(2)34-27-17)15-32-23-6-4-3-5-21(23)25(31)33-16-24(30)29-13-11-28(12-14-29)20-9-7-19(26)8-10-20/h3-10H,11-16H2,1-2H3. The highest BCUT2D eigenvalue weighted by Crippen LogP contribution is 2.22. The number of halogens is 1. The van der Waals surface area contributed by atoms with E-state index in [9.17, 15) is 14.0 Å². The molecule has 2 aromatic carbocycles. The quantitative estimate of drug-likeness (QED) is 0.492. The summed E-state index contributed by atoms with van der Waals surface area (Å²) in [6, 6.07) is 13.0. The molecule has 0 saturated carbocycles. The Morgan fingerprint density at radius 3 is 2.41 bits per heavy atom. The van der Waals surface area contributed by atoms with Gasteiger partial charge in [0.15, 0.2) is 6.61 Å². The molecule has 9 heteroatoms. The van der Waals surface area contributed by atoms with E-state index in [2.05, 4.69) is 10.1 Å². The van der Waals surface area contributed by atoms with Gasteiger partial charge >= 0.3 is 5.97 Å². The number of ether oxygens (including phenoxy) is 2. The van der Waals surface area contributed by atoms with Crippen molar-refractivity contribution in [3.63, 3.8) is 0 Å². The van der Waals surface area contributed by atoms with Crippen molar-refractivity contribution in [3.05, 3.63) is 76.9 Å². The van der Waals surface area contributed by atoms with Gasteiger partial charge < -0.3 is 23.8 Å². The van der Waals surface area contributed by atoms with Crippen molar-refractivity contribution >= 4 is 17.6 Å². The predicted octanol–water partition coefficient (Wildman–Crippen LogP) is 3.52. The minimum absolute atomic E-state index is 0.197. The van der Waals surface area contributed by atoms with E-state index in [0.29, 0.717) is 37.7 Å². The van der Waals surface area contributed by atoms with Crippen LogP contribution in [0, 0.1) is 19.7 Å². The van der Waals surface area contributed by atoms with E-state index in [-0.39, 0.29) is 30.5 Å². The first-order valence-electron chi connectivity index (χ1n) is 11.0. The summed E-state index contributed by atoms with van der Waals surface area (Å²) < 4.78 is 29.4. The van der Waals surface area contributed by atoms with Crippen LogP contribution in [0.5, 0.6) is 5.75 Å². The van der Waals surface area contributed by atoms with Gasteiger partial charge in [0.2, 0.25) is 0 Å². The van der Waals surface area contributed by atoms with Gasteiger partial charge in [-0.1, -0.05) is 17.3 Å². The number of carbonyl (C=O) groups excluding carboxylic acids is 2. The van der Waals surface area contributed by atoms with Crippen LogP contribution in [-0.4, -0.2) is 54.7 Å². The molecule has 34 heavy (non-hydrogen) atoms. The van der Waals surface area contributed by atoms with Crippen molar-refractivity contribution in [3.8, 4) is 5.75 Å². The van der Waals surface area contributed by atoms with Crippen LogP contribution in [0.15, 0.2) is 53.1 Å². The molecule has 1 saturated heterocycles. The number of carbonyl (C=O) groups is 2. The van der Waals surface area contributed by atoms with Crippen LogP contribution >= 0.6 is 0 Å². The van der Waals surface area contributed by atoms with Crippen LogP contribution in [0.2, 0.25) is 0 Å².